The van der Waals surface area contributed by atoms with Crippen LogP contribution in [0.2, 0.25) is 0 Å². The first-order valence-electron chi connectivity index (χ1n) is 6.59. The van der Waals surface area contributed by atoms with E-state index in [1.165, 1.54) is 12.1 Å². The second-order valence-corrected chi connectivity index (χ2v) is 6.73. The van der Waals surface area contributed by atoms with Gasteiger partial charge in [-0.1, -0.05) is 27.7 Å². The first-order valence-corrected chi connectivity index (χ1v) is 8.37. The summed E-state index contributed by atoms with van der Waals surface area (Å²) in [6, 6.07) is 4.59. The summed E-state index contributed by atoms with van der Waals surface area (Å²) < 4.78 is 15.8. The molecule has 1 amide bonds. The summed E-state index contributed by atoms with van der Waals surface area (Å²) in [5, 5.41) is 9.28. The standard InChI is InChI=1S/C13H12BrFN4O2S/c14-7-1-4-10(9(15)5-7)16-11(20)6-22-13-18-17-12(21)19(13)8-2-3-8/h1,4-5,8H,2-3,6H2,(H,16,20)(H,17,21). The number of amides is 1. The van der Waals surface area contributed by atoms with Gasteiger partial charge in [0.05, 0.1) is 11.4 Å². The third-order valence-electron chi connectivity index (χ3n) is 3.12. The fraction of sp³-hybridized carbons (Fsp3) is 0.308. The Bertz CT molecular complexity index is 772. The van der Waals surface area contributed by atoms with E-state index >= 15 is 0 Å². The monoisotopic (exact) mass is 386 g/mol. The summed E-state index contributed by atoms with van der Waals surface area (Å²) in [6.45, 7) is 0. The highest BCUT2D eigenvalue weighted by Crippen LogP contribution is 2.36. The fourth-order valence-electron chi connectivity index (χ4n) is 1.95. The zero-order chi connectivity index (χ0) is 15.7. The summed E-state index contributed by atoms with van der Waals surface area (Å²) >= 11 is 4.30. The van der Waals surface area contributed by atoms with Gasteiger partial charge in [-0.05, 0) is 31.0 Å². The Morgan fingerprint density at radius 2 is 2.32 bits per heavy atom. The number of H-pyrrole nitrogens is 1. The quantitative estimate of drug-likeness (QED) is 0.773. The van der Waals surface area contributed by atoms with Crippen LogP contribution in [0.5, 0.6) is 0 Å². The summed E-state index contributed by atoms with van der Waals surface area (Å²) in [5.74, 6) is -0.821. The van der Waals surface area contributed by atoms with Crippen molar-refractivity contribution in [2.45, 2.75) is 24.0 Å². The predicted octanol–water partition coefficient (Wildman–Crippen LogP) is 2.54. The summed E-state index contributed by atoms with van der Waals surface area (Å²) in [4.78, 5) is 23.5. The maximum atomic E-state index is 13.6. The lowest BCUT2D eigenvalue weighted by molar-refractivity contribution is -0.113. The van der Waals surface area contributed by atoms with E-state index in [0.29, 0.717) is 9.63 Å². The van der Waals surface area contributed by atoms with Gasteiger partial charge >= 0.3 is 5.69 Å². The molecule has 0 unspecified atom stereocenters. The molecule has 1 aliphatic carbocycles. The largest absolute Gasteiger partial charge is 0.344 e. The molecule has 0 bridgehead atoms. The van der Waals surface area contributed by atoms with Crippen LogP contribution in [0.15, 0.2) is 32.6 Å². The van der Waals surface area contributed by atoms with Crippen molar-refractivity contribution >= 4 is 39.3 Å². The highest BCUT2D eigenvalue weighted by atomic mass is 79.9. The van der Waals surface area contributed by atoms with Crippen molar-refractivity contribution in [1.82, 2.24) is 14.8 Å². The number of anilines is 1. The van der Waals surface area contributed by atoms with E-state index in [-0.39, 0.29) is 29.1 Å². The Hall–Kier alpha value is -1.61. The maximum Gasteiger partial charge on any atom is 0.344 e. The predicted molar refractivity (Wildman–Crippen MR) is 84.6 cm³/mol. The molecule has 1 heterocycles. The molecule has 1 aliphatic rings. The lowest BCUT2D eigenvalue weighted by Crippen LogP contribution is -2.18. The molecule has 2 N–H and O–H groups in total. The maximum absolute atomic E-state index is 13.6. The molecule has 2 aromatic rings. The number of carbonyl (C=O) groups is 1. The summed E-state index contributed by atoms with van der Waals surface area (Å²) in [7, 11) is 0. The van der Waals surface area contributed by atoms with Crippen LogP contribution in [0.25, 0.3) is 0 Å². The Balaban J connectivity index is 1.62. The van der Waals surface area contributed by atoms with E-state index < -0.39 is 5.82 Å². The number of halogens is 2. The molecule has 1 aromatic heterocycles. The lowest BCUT2D eigenvalue weighted by Gasteiger charge is -2.07. The Kier molecular flexibility index (Phi) is 4.34. The number of rotatable bonds is 5. The molecule has 0 radical (unpaired) electrons. The number of hydrogen-bond acceptors (Lipinski definition) is 4. The molecular formula is C13H12BrFN4O2S. The molecule has 0 atom stereocenters. The average molecular weight is 387 g/mol. The molecular weight excluding hydrogens is 375 g/mol. The van der Waals surface area contributed by atoms with E-state index in [9.17, 15) is 14.0 Å². The van der Waals surface area contributed by atoms with E-state index in [4.69, 9.17) is 0 Å². The molecule has 0 spiro atoms. The van der Waals surface area contributed by atoms with Crippen molar-refractivity contribution in [3.63, 3.8) is 0 Å². The van der Waals surface area contributed by atoms with Crippen molar-refractivity contribution < 1.29 is 9.18 Å². The smallest absolute Gasteiger partial charge is 0.323 e. The van der Waals surface area contributed by atoms with Gasteiger partial charge in [-0.2, -0.15) is 0 Å². The van der Waals surface area contributed by atoms with E-state index in [0.717, 1.165) is 24.6 Å². The van der Waals surface area contributed by atoms with Gasteiger partial charge < -0.3 is 5.32 Å². The number of nitrogens with one attached hydrogen (secondary N) is 2. The second-order valence-electron chi connectivity index (χ2n) is 4.87. The second kappa shape index (κ2) is 6.25. The van der Waals surface area contributed by atoms with Gasteiger partial charge in [0.25, 0.3) is 0 Å². The van der Waals surface area contributed by atoms with Crippen LogP contribution in [0.3, 0.4) is 0 Å². The molecule has 1 fully saturated rings. The number of carbonyl (C=O) groups excluding carboxylic acids is 1. The highest BCUT2D eigenvalue weighted by molar-refractivity contribution is 9.10. The minimum atomic E-state index is -0.512. The lowest BCUT2D eigenvalue weighted by atomic mass is 10.3. The van der Waals surface area contributed by atoms with E-state index in [2.05, 4.69) is 31.4 Å². The minimum absolute atomic E-state index is 0.0481. The summed E-state index contributed by atoms with van der Waals surface area (Å²) in [6.07, 6.45) is 1.90. The van der Waals surface area contributed by atoms with Crippen LogP contribution < -0.4 is 11.0 Å². The molecule has 0 saturated heterocycles. The van der Waals surface area contributed by atoms with Crippen LogP contribution in [-0.2, 0) is 4.79 Å². The van der Waals surface area contributed by atoms with E-state index in [1.807, 2.05) is 0 Å². The highest BCUT2D eigenvalue weighted by Gasteiger charge is 2.28. The SMILES string of the molecule is O=C(CSc1n[nH]c(=O)n1C1CC1)Nc1ccc(Br)cc1F. The third kappa shape index (κ3) is 3.41. The third-order valence-corrected chi connectivity index (χ3v) is 4.57. The van der Waals surface area contributed by atoms with Crippen molar-refractivity contribution in [3.05, 3.63) is 39.0 Å². The number of aromatic nitrogens is 3. The zero-order valence-electron chi connectivity index (χ0n) is 11.3. The van der Waals surface area contributed by atoms with Gasteiger partial charge in [0.2, 0.25) is 5.91 Å². The molecule has 1 saturated carbocycles. The molecule has 9 heteroatoms. The topological polar surface area (TPSA) is 79.8 Å². The van der Waals surface area contributed by atoms with Crippen LogP contribution in [0.4, 0.5) is 10.1 Å². The number of thioether (sulfide) groups is 1. The zero-order valence-corrected chi connectivity index (χ0v) is 13.7. The minimum Gasteiger partial charge on any atom is -0.323 e. The Morgan fingerprint density at radius 3 is 3.00 bits per heavy atom. The van der Waals surface area contributed by atoms with Crippen molar-refractivity contribution in [2.24, 2.45) is 0 Å². The van der Waals surface area contributed by atoms with Gasteiger partial charge in [0.15, 0.2) is 5.16 Å². The molecule has 116 valence electrons. The molecule has 22 heavy (non-hydrogen) atoms. The summed E-state index contributed by atoms with van der Waals surface area (Å²) in [5.41, 5.74) is -0.139. The number of hydrogen-bond donors (Lipinski definition) is 2. The van der Waals surface area contributed by atoms with Gasteiger partial charge in [0.1, 0.15) is 5.82 Å². The first-order chi connectivity index (χ1) is 10.5. The Labute approximate surface area is 137 Å². The molecule has 0 aliphatic heterocycles. The fourth-order valence-corrected chi connectivity index (χ4v) is 3.10. The van der Waals surface area contributed by atoms with Crippen molar-refractivity contribution in [3.8, 4) is 0 Å². The first kappa shape index (κ1) is 15.3. The number of aromatic amines is 1. The van der Waals surface area contributed by atoms with Gasteiger partial charge in [0, 0.05) is 10.5 Å². The van der Waals surface area contributed by atoms with Crippen LogP contribution >= 0.6 is 27.7 Å². The van der Waals surface area contributed by atoms with Crippen LogP contribution in [0.1, 0.15) is 18.9 Å². The van der Waals surface area contributed by atoms with Gasteiger partial charge in [-0.25, -0.2) is 14.3 Å². The van der Waals surface area contributed by atoms with Gasteiger partial charge in [-0.15, -0.1) is 5.10 Å². The number of benzene rings is 1. The van der Waals surface area contributed by atoms with E-state index in [1.54, 1.807) is 10.6 Å². The number of nitrogens with zero attached hydrogens (tertiary/aromatic N) is 2. The Morgan fingerprint density at radius 1 is 1.55 bits per heavy atom. The normalized spacial score (nSPS) is 14.1. The van der Waals surface area contributed by atoms with Crippen molar-refractivity contribution in [2.75, 3.05) is 11.1 Å². The van der Waals surface area contributed by atoms with Gasteiger partial charge in [-0.3, -0.25) is 9.36 Å². The average Bonchev–Trinajstić information content (AvgIpc) is 3.23. The van der Waals surface area contributed by atoms with Crippen molar-refractivity contribution in [1.29, 1.82) is 0 Å². The molecule has 6 nitrogen and oxygen atoms in total. The van der Waals surface area contributed by atoms with Crippen LogP contribution in [-0.4, -0.2) is 26.4 Å². The van der Waals surface area contributed by atoms with Crippen LogP contribution in [0, 0.1) is 5.82 Å². The molecule has 3 rings (SSSR count). The molecule has 1 aromatic carbocycles.